The van der Waals surface area contributed by atoms with Crippen molar-refractivity contribution in [2.75, 3.05) is 0 Å². The lowest BCUT2D eigenvalue weighted by Gasteiger charge is -2.31. The summed E-state index contributed by atoms with van der Waals surface area (Å²) < 4.78 is 0. The summed E-state index contributed by atoms with van der Waals surface area (Å²) in [7, 11) is 0. The lowest BCUT2D eigenvalue weighted by atomic mass is 10.1. The molecule has 0 spiro atoms. The highest BCUT2D eigenvalue weighted by molar-refractivity contribution is 8.02. The predicted molar refractivity (Wildman–Crippen MR) is 53.5 cm³/mol. The van der Waals surface area contributed by atoms with Crippen LogP contribution in [-0.4, -0.2) is 21.6 Å². The maximum Gasteiger partial charge on any atom is 0.179 e. The molecule has 1 rings (SSSR count). The van der Waals surface area contributed by atoms with Gasteiger partial charge in [0, 0.05) is 11.7 Å². The Bertz CT molecular complexity index is 189. The molecule has 3 heteroatoms. The summed E-state index contributed by atoms with van der Waals surface area (Å²) in [4.78, 5) is 2.06. The molecule has 0 saturated heterocycles. The van der Waals surface area contributed by atoms with Gasteiger partial charge in [0.25, 0.3) is 0 Å². The number of hydrogen-bond donors (Lipinski definition) is 1. The van der Waals surface area contributed by atoms with Crippen LogP contribution in [0.25, 0.3) is 0 Å². The van der Waals surface area contributed by atoms with Gasteiger partial charge in [-0.05, 0) is 25.2 Å². The predicted octanol–water partition coefficient (Wildman–Crippen LogP) is 2.22. The van der Waals surface area contributed by atoms with E-state index in [4.69, 9.17) is 0 Å². The number of nitrogens with zero attached hydrogens (tertiary/aromatic N) is 1. The highest BCUT2D eigenvalue weighted by atomic mass is 32.2. The third-order valence-corrected chi connectivity index (χ3v) is 2.84. The molecule has 0 aromatic carbocycles. The number of allylic oxidation sites excluding steroid dienone is 1. The molecule has 2 nitrogen and oxygen atoms in total. The molecule has 1 aliphatic rings. The highest BCUT2D eigenvalue weighted by Crippen LogP contribution is 2.34. The topological polar surface area (TPSA) is 23.5 Å². The van der Waals surface area contributed by atoms with E-state index in [2.05, 4.69) is 38.0 Å². The maximum atomic E-state index is 9.62. The normalized spacial score (nSPS) is 24.1. The molecule has 0 aliphatic carbocycles. The van der Waals surface area contributed by atoms with Gasteiger partial charge in [-0.2, -0.15) is 0 Å². The maximum absolute atomic E-state index is 9.62. The van der Waals surface area contributed by atoms with E-state index in [9.17, 15) is 5.11 Å². The molecular formula is C9H17NOS. The first-order valence-electron chi connectivity index (χ1n) is 4.36. The van der Waals surface area contributed by atoms with Gasteiger partial charge >= 0.3 is 0 Å². The first kappa shape index (κ1) is 9.93. The van der Waals surface area contributed by atoms with Crippen molar-refractivity contribution in [2.24, 2.45) is 5.92 Å². The van der Waals surface area contributed by atoms with E-state index in [1.807, 2.05) is 0 Å². The minimum atomic E-state index is -0.373. The number of thioether (sulfide) groups is 1. The molecule has 0 amide bonds. The Hall–Kier alpha value is -0.150. The molecule has 0 saturated carbocycles. The Kier molecular flexibility index (Phi) is 3.07. The molecule has 70 valence electrons. The van der Waals surface area contributed by atoms with E-state index in [0.717, 1.165) is 0 Å². The van der Waals surface area contributed by atoms with Crippen molar-refractivity contribution in [3.63, 3.8) is 0 Å². The summed E-state index contributed by atoms with van der Waals surface area (Å²) in [6, 6.07) is 0.378. The van der Waals surface area contributed by atoms with Gasteiger partial charge in [0.1, 0.15) is 0 Å². The highest BCUT2D eigenvalue weighted by Gasteiger charge is 2.28. The average molecular weight is 187 g/mol. The van der Waals surface area contributed by atoms with Crippen LogP contribution in [0, 0.1) is 5.92 Å². The van der Waals surface area contributed by atoms with Crippen LogP contribution in [0.15, 0.2) is 11.1 Å². The second-order valence-corrected chi connectivity index (χ2v) is 4.59. The molecule has 0 fully saturated rings. The van der Waals surface area contributed by atoms with Crippen molar-refractivity contribution in [3.05, 3.63) is 11.1 Å². The van der Waals surface area contributed by atoms with Gasteiger partial charge in [-0.1, -0.05) is 25.6 Å². The van der Waals surface area contributed by atoms with Gasteiger partial charge in [0.15, 0.2) is 5.56 Å². The zero-order valence-corrected chi connectivity index (χ0v) is 8.93. The monoisotopic (exact) mass is 187 g/mol. The fraction of sp³-hybridized carbons (Fsp3) is 0.778. The van der Waals surface area contributed by atoms with Gasteiger partial charge in [0.05, 0.1) is 0 Å². The van der Waals surface area contributed by atoms with Gasteiger partial charge in [0.2, 0.25) is 0 Å². The molecule has 1 heterocycles. The van der Waals surface area contributed by atoms with Crippen molar-refractivity contribution in [3.8, 4) is 0 Å². The Morgan fingerprint density at radius 3 is 2.33 bits per heavy atom. The number of aliphatic hydroxyl groups excluding tert-OH is 1. The third-order valence-electron chi connectivity index (χ3n) is 1.99. The zero-order valence-electron chi connectivity index (χ0n) is 8.11. The molecule has 1 unspecified atom stereocenters. The molecular weight excluding hydrogens is 170 g/mol. The Balaban J connectivity index is 2.74. The fourth-order valence-corrected chi connectivity index (χ4v) is 2.52. The standard InChI is InChI=1S/C9H17NOS/c1-6(2)8-5-12-9(11)10(8)7(3)4/h5-7,9,11H,1-4H3. The van der Waals surface area contributed by atoms with Crippen LogP contribution in [0.4, 0.5) is 0 Å². The molecule has 0 aromatic rings. The van der Waals surface area contributed by atoms with Gasteiger partial charge in [-0.3, -0.25) is 0 Å². The molecule has 1 N–H and O–H groups in total. The van der Waals surface area contributed by atoms with Crippen molar-refractivity contribution in [1.82, 2.24) is 4.90 Å². The summed E-state index contributed by atoms with van der Waals surface area (Å²) in [5.41, 5.74) is 0.880. The molecule has 1 aliphatic heterocycles. The Labute approximate surface area is 78.6 Å². The Morgan fingerprint density at radius 2 is 2.00 bits per heavy atom. The minimum Gasteiger partial charge on any atom is -0.364 e. The molecule has 0 bridgehead atoms. The fourth-order valence-electron chi connectivity index (χ4n) is 1.37. The molecule has 12 heavy (non-hydrogen) atoms. The van der Waals surface area contributed by atoms with E-state index >= 15 is 0 Å². The summed E-state index contributed by atoms with van der Waals surface area (Å²) in [5.74, 6) is 0.497. The Morgan fingerprint density at radius 1 is 1.42 bits per heavy atom. The van der Waals surface area contributed by atoms with Crippen molar-refractivity contribution in [2.45, 2.75) is 39.3 Å². The first-order chi connectivity index (χ1) is 5.54. The van der Waals surface area contributed by atoms with Crippen LogP contribution in [0.1, 0.15) is 27.7 Å². The minimum absolute atomic E-state index is 0.373. The van der Waals surface area contributed by atoms with E-state index < -0.39 is 0 Å². The van der Waals surface area contributed by atoms with Crippen LogP contribution < -0.4 is 0 Å². The first-order valence-corrected chi connectivity index (χ1v) is 5.30. The average Bonchev–Trinajstić information content (AvgIpc) is 2.30. The number of hydrogen-bond acceptors (Lipinski definition) is 3. The smallest absolute Gasteiger partial charge is 0.179 e. The van der Waals surface area contributed by atoms with E-state index in [1.54, 1.807) is 0 Å². The zero-order chi connectivity index (χ0) is 9.30. The number of aliphatic hydroxyl groups is 1. The quantitative estimate of drug-likeness (QED) is 0.717. The SMILES string of the molecule is CC(C)C1=CSC(O)N1C(C)C. The second kappa shape index (κ2) is 3.71. The third kappa shape index (κ3) is 1.77. The second-order valence-electron chi connectivity index (χ2n) is 3.66. The largest absolute Gasteiger partial charge is 0.364 e. The number of rotatable bonds is 2. The summed E-state index contributed by atoms with van der Waals surface area (Å²) in [6.07, 6.45) is 0. The van der Waals surface area contributed by atoms with Crippen LogP contribution in [0.3, 0.4) is 0 Å². The van der Waals surface area contributed by atoms with Crippen LogP contribution in [-0.2, 0) is 0 Å². The van der Waals surface area contributed by atoms with Crippen molar-refractivity contribution >= 4 is 11.8 Å². The summed E-state index contributed by atoms with van der Waals surface area (Å²) in [6.45, 7) is 8.51. The van der Waals surface area contributed by atoms with Crippen LogP contribution >= 0.6 is 11.8 Å². The van der Waals surface area contributed by atoms with E-state index in [0.29, 0.717) is 12.0 Å². The van der Waals surface area contributed by atoms with Crippen molar-refractivity contribution in [1.29, 1.82) is 0 Å². The lowest BCUT2D eigenvalue weighted by Crippen LogP contribution is -2.35. The van der Waals surface area contributed by atoms with Gasteiger partial charge in [-0.25, -0.2) is 0 Å². The molecule has 1 atom stereocenters. The van der Waals surface area contributed by atoms with Crippen molar-refractivity contribution < 1.29 is 5.11 Å². The molecule has 0 aromatic heterocycles. The van der Waals surface area contributed by atoms with Gasteiger partial charge < -0.3 is 10.0 Å². The van der Waals surface area contributed by atoms with Crippen LogP contribution in [0.2, 0.25) is 0 Å². The van der Waals surface area contributed by atoms with Gasteiger partial charge in [-0.15, -0.1) is 0 Å². The van der Waals surface area contributed by atoms with Crippen LogP contribution in [0.5, 0.6) is 0 Å². The summed E-state index contributed by atoms with van der Waals surface area (Å²) in [5, 5.41) is 11.7. The van der Waals surface area contributed by atoms with E-state index in [1.165, 1.54) is 17.5 Å². The van der Waals surface area contributed by atoms with E-state index in [-0.39, 0.29) is 5.56 Å². The molecule has 0 radical (unpaired) electrons. The summed E-state index contributed by atoms with van der Waals surface area (Å²) >= 11 is 1.49. The lowest BCUT2D eigenvalue weighted by molar-refractivity contribution is 0.0790.